The molecule has 0 spiro atoms. The molecule has 0 saturated carbocycles. The number of ether oxygens (including phenoxy) is 3. The third kappa shape index (κ3) is 9.25. The average molecular weight is 655 g/mol. The maximum Gasteiger partial charge on any atom is 0.419 e. The number of pyridine rings is 1. The van der Waals surface area contributed by atoms with E-state index in [1.165, 1.54) is 30.2 Å². The molecular formula is C30H31F5N4O7. The van der Waals surface area contributed by atoms with Gasteiger partial charge < -0.3 is 24.4 Å². The van der Waals surface area contributed by atoms with Crippen molar-refractivity contribution in [3.63, 3.8) is 0 Å². The number of nitrogens with zero attached hydrogens (tertiary/aromatic N) is 3. The maximum absolute atomic E-state index is 14.4. The van der Waals surface area contributed by atoms with Gasteiger partial charge in [0.2, 0.25) is 5.88 Å². The summed E-state index contributed by atoms with van der Waals surface area (Å²) in [5.41, 5.74) is -3.67. The fourth-order valence-electron chi connectivity index (χ4n) is 4.26. The Morgan fingerprint density at radius 3 is 2.24 bits per heavy atom. The molecular weight excluding hydrogens is 623 g/mol. The van der Waals surface area contributed by atoms with Crippen molar-refractivity contribution < 1.29 is 50.7 Å². The van der Waals surface area contributed by atoms with Crippen molar-refractivity contribution in [3.05, 3.63) is 86.6 Å². The molecule has 0 aliphatic carbocycles. The van der Waals surface area contributed by atoms with Crippen molar-refractivity contribution in [2.75, 3.05) is 32.6 Å². The highest BCUT2D eigenvalue weighted by molar-refractivity contribution is 5.97. The molecule has 0 unspecified atom stereocenters. The molecule has 0 atom stereocenters. The molecule has 0 radical (unpaired) electrons. The van der Waals surface area contributed by atoms with Crippen LogP contribution in [0.25, 0.3) is 0 Å². The van der Waals surface area contributed by atoms with E-state index in [1.807, 2.05) is 0 Å². The predicted octanol–water partition coefficient (Wildman–Crippen LogP) is 6.85. The predicted molar refractivity (Wildman–Crippen MR) is 155 cm³/mol. The molecule has 1 N–H and O–H groups in total. The molecule has 248 valence electrons. The number of nitrogens with one attached hydrogen (secondary N) is 1. The Bertz CT molecular complexity index is 1610. The number of benzene rings is 2. The van der Waals surface area contributed by atoms with E-state index in [0.717, 1.165) is 19.2 Å². The van der Waals surface area contributed by atoms with Gasteiger partial charge >= 0.3 is 18.2 Å². The zero-order valence-electron chi connectivity index (χ0n) is 25.5. The number of carbonyl (C=O) groups is 2. The molecule has 0 bridgehead atoms. The quantitative estimate of drug-likeness (QED) is 0.102. The lowest BCUT2D eigenvalue weighted by molar-refractivity contribution is -0.386. The molecule has 0 aliphatic rings. The van der Waals surface area contributed by atoms with Gasteiger partial charge in [-0.05, 0) is 63.1 Å². The number of aromatic nitrogens is 1. The smallest absolute Gasteiger partial charge is 0.419 e. The SMILES string of the molecule is COC(=O)c1cc(F)c(C(F)(F)F)cc1Nc1ccc(F)cc1CCN(CCc1nc(OC)ccc1[N+](=O)[O-])C(=O)OC(C)(C)C. The van der Waals surface area contributed by atoms with E-state index < -0.39 is 57.2 Å². The number of halogens is 5. The monoisotopic (exact) mass is 654 g/mol. The van der Waals surface area contributed by atoms with Gasteiger partial charge in [0.15, 0.2) is 0 Å². The Kier molecular flexibility index (Phi) is 11.1. The number of hydrogen-bond acceptors (Lipinski definition) is 9. The Morgan fingerprint density at radius 1 is 0.978 bits per heavy atom. The number of nitro groups is 1. The number of alkyl halides is 3. The summed E-state index contributed by atoms with van der Waals surface area (Å²) < 4.78 is 84.3. The van der Waals surface area contributed by atoms with Crippen LogP contribution in [-0.2, 0) is 28.5 Å². The normalized spacial score (nSPS) is 11.5. The van der Waals surface area contributed by atoms with Crippen LogP contribution in [0, 0.1) is 21.7 Å². The van der Waals surface area contributed by atoms with Gasteiger partial charge in [0.1, 0.15) is 22.9 Å². The van der Waals surface area contributed by atoms with Crippen LogP contribution in [0.4, 0.5) is 43.8 Å². The average Bonchev–Trinajstić information content (AvgIpc) is 2.96. The van der Waals surface area contributed by atoms with Crippen LogP contribution in [0.2, 0.25) is 0 Å². The Balaban J connectivity index is 1.97. The Labute approximate surface area is 260 Å². The van der Waals surface area contributed by atoms with Gasteiger partial charge in [-0.3, -0.25) is 10.1 Å². The topological polar surface area (TPSA) is 133 Å². The van der Waals surface area contributed by atoms with Crippen molar-refractivity contribution >= 4 is 29.1 Å². The fraction of sp³-hybridized carbons (Fsp3) is 0.367. The molecule has 1 amide bonds. The highest BCUT2D eigenvalue weighted by atomic mass is 19.4. The van der Waals surface area contributed by atoms with Gasteiger partial charge in [0, 0.05) is 37.3 Å². The number of anilines is 2. The molecule has 0 saturated heterocycles. The standard InChI is InChI=1S/C30H31F5N4O7/c1-29(2,3)46-28(41)38(13-11-23-25(39(42)43)8-9-26(37-23)44-4)12-10-17-14-18(31)6-7-22(17)36-24-16-20(30(33,34)35)21(32)15-19(24)27(40)45-5/h6-9,14-16,36H,10-13H2,1-5H3. The van der Waals surface area contributed by atoms with E-state index in [9.17, 15) is 41.7 Å². The van der Waals surface area contributed by atoms with E-state index in [-0.39, 0.29) is 54.4 Å². The van der Waals surface area contributed by atoms with Crippen LogP contribution in [0.15, 0.2) is 42.5 Å². The van der Waals surface area contributed by atoms with Crippen molar-refractivity contribution in [3.8, 4) is 5.88 Å². The summed E-state index contributed by atoms with van der Waals surface area (Å²) >= 11 is 0. The first kappa shape index (κ1) is 35.5. The second-order valence-corrected chi connectivity index (χ2v) is 10.8. The summed E-state index contributed by atoms with van der Waals surface area (Å²) in [5.74, 6) is -3.43. The molecule has 11 nitrogen and oxygen atoms in total. The molecule has 3 rings (SSSR count). The zero-order valence-corrected chi connectivity index (χ0v) is 25.5. The number of carbonyl (C=O) groups excluding carboxylic acids is 2. The van der Waals surface area contributed by atoms with E-state index in [1.54, 1.807) is 20.8 Å². The lowest BCUT2D eigenvalue weighted by Gasteiger charge is -2.28. The summed E-state index contributed by atoms with van der Waals surface area (Å²) in [7, 11) is 2.30. The number of amides is 1. The van der Waals surface area contributed by atoms with Crippen LogP contribution >= 0.6 is 0 Å². The molecule has 1 heterocycles. The van der Waals surface area contributed by atoms with Gasteiger partial charge in [0.05, 0.1) is 36.0 Å². The first-order chi connectivity index (χ1) is 21.4. The summed E-state index contributed by atoms with van der Waals surface area (Å²) in [6.45, 7) is 4.61. The minimum atomic E-state index is -5.10. The molecule has 0 aliphatic heterocycles. The minimum Gasteiger partial charge on any atom is -0.481 e. The first-order valence-corrected chi connectivity index (χ1v) is 13.6. The lowest BCUT2D eigenvalue weighted by Crippen LogP contribution is -2.39. The maximum atomic E-state index is 14.4. The molecule has 16 heteroatoms. The largest absolute Gasteiger partial charge is 0.481 e. The Hall–Kier alpha value is -5.02. The van der Waals surface area contributed by atoms with Gasteiger partial charge in [-0.25, -0.2) is 23.4 Å². The van der Waals surface area contributed by atoms with Crippen molar-refractivity contribution in [1.82, 2.24) is 9.88 Å². The molecule has 1 aromatic heterocycles. The van der Waals surface area contributed by atoms with Crippen LogP contribution in [-0.4, -0.2) is 59.8 Å². The van der Waals surface area contributed by atoms with Crippen LogP contribution in [0.5, 0.6) is 5.88 Å². The number of hydrogen-bond donors (Lipinski definition) is 1. The number of methoxy groups -OCH3 is 2. The Morgan fingerprint density at radius 2 is 1.65 bits per heavy atom. The first-order valence-electron chi connectivity index (χ1n) is 13.6. The lowest BCUT2D eigenvalue weighted by atomic mass is 10.0. The fourth-order valence-corrected chi connectivity index (χ4v) is 4.26. The van der Waals surface area contributed by atoms with Gasteiger partial charge in [-0.1, -0.05) is 0 Å². The molecule has 0 fully saturated rings. The zero-order chi connectivity index (χ0) is 34.4. The van der Waals surface area contributed by atoms with Gasteiger partial charge in [-0.15, -0.1) is 0 Å². The van der Waals surface area contributed by atoms with Crippen LogP contribution in [0.3, 0.4) is 0 Å². The van der Waals surface area contributed by atoms with Crippen molar-refractivity contribution in [1.29, 1.82) is 0 Å². The molecule has 2 aromatic carbocycles. The summed E-state index contributed by atoms with van der Waals surface area (Å²) in [5, 5.41) is 14.2. The summed E-state index contributed by atoms with van der Waals surface area (Å²) in [6.07, 6.45) is -6.10. The number of rotatable bonds is 11. The highest BCUT2D eigenvalue weighted by Crippen LogP contribution is 2.36. The van der Waals surface area contributed by atoms with Crippen molar-refractivity contribution in [2.24, 2.45) is 0 Å². The van der Waals surface area contributed by atoms with E-state index in [2.05, 4.69) is 15.0 Å². The summed E-state index contributed by atoms with van der Waals surface area (Å²) in [6, 6.07) is 6.59. The second kappa shape index (κ2) is 14.4. The third-order valence-electron chi connectivity index (χ3n) is 6.41. The van der Waals surface area contributed by atoms with Gasteiger partial charge in [-0.2, -0.15) is 13.2 Å². The molecule has 3 aromatic rings. The minimum absolute atomic E-state index is 0.0261. The van der Waals surface area contributed by atoms with Gasteiger partial charge in [0.25, 0.3) is 5.69 Å². The second-order valence-electron chi connectivity index (χ2n) is 10.8. The molecule has 46 heavy (non-hydrogen) atoms. The van der Waals surface area contributed by atoms with Crippen LogP contribution < -0.4 is 10.1 Å². The number of esters is 1. The highest BCUT2D eigenvalue weighted by Gasteiger charge is 2.36. The van der Waals surface area contributed by atoms with Crippen molar-refractivity contribution in [2.45, 2.75) is 45.4 Å². The van der Waals surface area contributed by atoms with E-state index >= 15 is 0 Å². The van der Waals surface area contributed by atoms with E-state index in [4.69, 9.17) is 9.47 Å². The summed E-state index contributed by atoms with van der Waals surface area (Å²) in [4.78, 5) is 41.7. The van der Waals surface area contributed by atoms with E-state index in [0.29, 0.717) is 12.1 Å². The third-order valence-corrected chi connectivity index (χ3v) is 6.41. The van der Waals surface area contributed by atoms with Crippen LogP contribution in [0.1, 0.15) is 48.0 Å².